The molecule has 2 heterocycles. The van der Waals surface area contributed by atoms with Gasteiger partial charge < -0.3 is 10.6 Å². The van der Waals surface area contributed by atoms with Crippen LogP contribution < -0.4 is 10.6 Å². The van der Waals surface area contributed by atoms with Gasteiger partial charge in [-0.2, -0.15) is 0 Å². The lowest BCUT2D eigenvalue weighted by atomic mass is 9.98. The largest absolute Gasteiger partial charge is 0.355 e. The smallest absolute Gasteiger partial charge is 0.191 e. The second kappa shape index (κ2) is 8.11. The summed E-state index contributed by atoms with van der Waals surface area (Å²) in [6.45, 7) is 12.8. The molecule has 1 aromatic rings. The van der Waals surface area contributed by atoms with Crippen LogP contribution in [0, 0.1) is 13.8 Å². The van der Waals surface area contributed by atoms with Crippen molar-refractivity contribution in [1.29, 1.82) is 0 Å². The summed E-state index contributed by atoms with van der Waals surface area (Å²) >= 11 is 1.75. The Hall–Kier alpha value is -1.14. The van der Waals surface area contributed by atoms with Gasteiger partial charge in [0.2, 0.25) is 0 Å². The Bertz CT molecular complexity index is 529. The summed E-state index contributed by atoms with van der Waals surface area (Å²) in [6.07, 6.45) is 4.01. The molecule has 2 rings (SSSR count). The molecule has 0 radical (unpaired) electrons. The van der Waals surface area contributed by atoms with Gasteiger partial charge in [0, 0.05) is 24.0 Å². The summed E-state index contributed by atoms with van der Waals surface area (Å²) in [5, 5.41) is 8.01. The Kier molecular flexibility index (Phi) is 6.41. The third kappa shape index (κ3) is 5.18. The second-order valence-corrected chi connectivity index (χ2v) is 8.17. The van der Waals surface area contributed by atoms with E-state index in [1.54, 1.807) is 11.3 Å². The lowest BCUT2D eigenvalue weighted by Crippen LogP contribution is -2.54. The molecule has 1 aliphatic rings. The fraction of sp³-hybridized carbons (Fsp3) is 0.765. The van der Waals surface area contributed by atoms with Gasteiger partial charge in [-0.15, -0.1) is 11.3 Å². The number of aromatic nitrogens is 1. The van der Waals surface area contributed by atoms with Gasteiger partial charge in [-0.05, 0) is 53.6 Å². The number of hydrogen-bond donors (Lipinski definition) is 2. The van der Waals surface area contributed by atoms with Gasteiger partial charge in [-0.25, -0.2) is 4.98 Å². The molecule has 2 N–H and O–H groups in total. The van der Waals surface area contributed by atoms with Crippen LogP contribution in [0.15, 0.2) is 4.99 Å². The molecule has 23 heavy (non-hydrogen) atoms. The number of thiazole rings is 1. The van der Waals surface area contributed by atoms with Crippen molar-refractivity contribution in [3.8, 4) is 0 Å². The number of hydrogen-bond acceptors (Lipinski definition) is 4. The zero-order valence-corrected chi connectivity index (χ0v) is 16.0. The monoisotopic (exact) mass is 337 g/mol. The zero-order valence-electron chi connectivity index (χ0n) is 15.2. The molecule has 0 bridgehead atoms. The first kappa shape index (κ1) is 18.2. The van der Waals surface area contributed by atoms with Crippen molar-refractivity contribution in [3.05, 3.63) is 15.6 Å². The molecule has 1 aromatic heterocycles. The molecule has 6 heteroatoms. The minimum Gasteiger partial charge on any atom is -0.355 e. The summed E-state index contributed by atoms with van der Waals surface area (Å²) in [7, 11) is 1.83. The molecule has 5 nitrogen and oxygen atoms in total. The molecule has 0 unspecified atom stereocenters. The Balaban J connectivity index is 1.83. The first-order valence-corrected chi connectivity index (χ1v) is 9.36. The van der Waals surface area contributed by atoms with E-state index < -0.39 is 0 Å². The molecule has 0 spiro atoms. The lowest BCUT2D eigenvalue weighted by Gasteiger charge is -2.41. The van der Waals surface area contributed by atoms with Crippen LogP contribution >= 0.6 is 11.3 Å². The minimum absolute atomic E-state index is 0.148. The summed E-state index contributed by atoms with van der Waals surface area (Å²) in [4.78, 5) is 12.7. The van der Waals surface area contributed by atoms with Crippen molar-refractivity contribution >= 4 is 17.3 Å². The zero-order chi connectivity index (χ0) is 16.9. The highest BCUT2D eigenvalue weighted by molar-refractivity contribution is 7.11. The fourth-order valence-electron chi connectivity index (χ4n) is 3.03. The van der Waals surface area contributed by atoms with Crippen LogP contribution in [-0.2, 0) is 6.54 Å². The van der Waals surface area contributed by atoms with Crippen LogP contribution in [0.2, 0.25) is 0 Å². The number of nitrogens with zero attached hydrogens (tertiary/aromatic N) is 3. The average molecular weight is 338 g/mol. The maximum atomic E-state index is 4.47. The molecule has 130 valence electrons. The highest BCUT2D eigenvalue weighted by atomic mass is 32.1. The molecule has 1 fully saturated rings. The quantitative estimate of drug-likeness (QED) is 0.641. The maximum absolute atomic E-state index is 4.47. The number of aliphatic imine (C=N–C) groups is 1. The topological polar surface area (TPSA) is 52.6 Å². The van der Waals surface area contributed by atoms with Crippen molar-refractivity contribution in [1.82, 2.24) is 20.5 Å². The van der Waals surface area contributed by atoms with Gasteiger partial charge in [0.15, 0.2) is 5.96 Å². The number of piperidine rings is 1. The van der Waals surface area contributed by atoms with Crippen LogP contribution in [0.1, 0.15) is 48.7 Å². The van der Waals surface area contributed by atoms with Gasteiger partial charge in [0.05, 0.1) is 17.2 Å². The second-order valence-electron chi connectivity index (χ2n) is 6.88. The van der Waals surface area contributed by atoms with Gasteiger partial charge >= 0.3 is 0 Å². The molecule has 1 aliphatic heterocycles. The maximum Gasteiger partial charge on any atom is 0.191 e. The normalized spacial score (nSPS) is 17.3. The molecule has 0 aliphatic carbocycles. The highest BCUT2D eigenvalue weighted by Crippen LogP contribution is 2.20. The van der Waals surface area contributed by atoms with Gasteiger partial charge in [-0.3, -0.25) is 9.89 Å². The third-order valence-electron chi connectivity index (χ3n) is 4.54. The minimum atomic E-state index is 0.148. The van der Waals surface area contributed by atoms with Crippen LogP contribution in [0.5, 0.6) is 0 Å². The summed E-state index contributed by atoms with van der Waals surface area (Å²) in [5.41, 5.74) is 1.26. The van der Waals surface area contributed by atoms with E-state index in [4.69, 9.17) is 0 Å². The Morgan fingerprint density at radius 3 is 2.48 bits per heavy atom. The van der Waals surface area contributed by atoms with Crippen molar-refractivity contribution in [2.75, 3.05) is 26.7 Å². The Labute approximate surface area is 144 Å². The Morgan fingerprint density at radius 1 is 1.22 bits per heavy atom. The van der Waals surface area contributed by atoms with E-state index in [0.29, 0.717) is 0 Å². The summed E-state index contributed by atoms with van der Waals surface area (Å²) < 4.78 is 0. The molecular weight excluding hydrogens is 306 g/mol. The molecular formula is C17H31N5S. The molecule has 0 atom stereocenters. The predicted octanol–water partition coefficient (Wildman–Crippen LogP) is 2.69. The number of rotatable bonds is 5. The van der Waals surface area contributed by atoms with E-state index in [2.05, 4.69) is 53.2 Å². The van der Waals surface area contributed by atoms with Gasteiger partial charge in [0.1, 0.15) is 0 Å². The molecule has 0 saturated carbocycles. The van der Waals surface area contributed by atoms with E-state index >= 15 is 0 Å². The number of nitrogens with one attached hydrogen (secondary N) is 2. The summed E-state index contributed by atoms with van der Waals surface area (Å²) in [5.74, 6) is 0.862. The first-order chi connectivity index (χ1) is 10.9. The highest BCUT2D eigenvalue weighted by Gasteiger charge is 2.27. The van der Waals surface area contributed by atoms with Gasteiger partial charge in [-0.1, -0.05) is 6.42 Å². The van der Waals surface area contributed by atoms with E-state index in [1.165, 1.54) is 37.2 Å². The predicted molar refractivity (Wildman–Crippen MR) is 99.3 cm³/mol. The lowest BCUT2D eigenvalue weighted by molar-refractivity contribution is 0.0982. The van der Waals surface area contributed by atoms with Crippen LogP contribution in [0.4, 0.5) is 0 Å². The average Bonchev–Trinajstić information content (AvgIpc) is 2.86. The van der Waals surface area contributed by atoms with Crippen molar-refractivity contribution in [2.24, 2.45) is 4.99 Å². The fourth-order valence-corrected chi connectivity index (χ4v) is 3.91. The first-order valence-electron chi connectivity index (χ1n) is 8.55. The van der Waals surface area contributed by atoms with Crippen LogP contribution in [-0.4, -0.2) is 48.1 Å². The number of aryl methyl sites for hydroxylation is 2. The van der Waals surface area contributed by atoms with E-state index in [0.717, 1.165) is 29.8 Å². The number of likely N-dealkylation sites (tertiary alicyclic amines) is 1. The molecule has 1 saturated heterocycles. The van der Waals surface area contributed by atoms with Crippen molar-refractivity contribution in [3.63, 3.8) is 0 Å². The van der Waals surface area contributed by atoms with Crippen molar-refractivity contribution in [2.45, 2.75) is 59.0 Å². The van der Waals surface area contributed by atoms with Crippen LogP contribution in [0.25, 0.3) is 0 Å². The van der Waals surface area contributed by atoms with E-state index in [1.807, 2.05) is 7.05 Å². The summed E-state index contributed by atoms with van der Waals surface area (Å²) in [6, 6.07) is 0. The van der Waals surface area contributed by atoms with E-state index in [9.17, 15) is 0 Å². The number of guanidine groups is 1. The molecule has 0 amide bonds. The molecule has 0 aromatic carbocycles. The third-order valence-corrected chi connectivity index (χ3v) is 5.61. The van der Waals surface area contributed by atoms with Crippen molar-refractivity contribution < 1.29 is 0 Å². The Morgan fingerprint density at radius 2 is 1.91 bits per heavy atom. The van der Waals surface area contributed by atoms with Crippen LogP contribution in [0.3, 0.4) is 0 Å². The van der Waals surface area contributed by atoms with Gasteiger partial charge in [0.25, 0.3) is 0 Å². The van der Waals surface area contributed by atoms with E-state index in [-0.39, 0.29) is 5.54 Å². The SMILES string of the molecule is CN=C(NCc1sc(C)nc1C)NCC(C)(C)N1CCCCC1. The standard InChI is InChI=1S/C17H31N5S/c1-13-15(23-14(2)21-13)11-19-16(18-5)20-12-17(3,4)22-9-7-6-8-10-22/h6-12H2,1-5H3,(H2,18,19,20).